The van der Waals surface area contributed by atoms with Crippen molar-refractivity contribution in [1.82, 2.24) is 24.4 Å². The maximum atomic E-state index is 9.88. The van der Waals surface area contributed by atoms with E-state index in [0.29, 0.717) is 12.2 Å². The number of aliphatic hydroxyl groups is 1. The first kappa shape index (κ1) is 12.8. The SMILES string of the molecule is Cc1cccn2cc(Cn3cc(C(C)(C)O)nn3)nc12. The Kier molecular flexibility index (Phi) is 2.83. The molecule has 104 valence electrons. The molecule has 0 radical (unpaired) electrons. The quantitative estimate of drug-likeness (QED) is 0.784. The van der Waals surface area contributed by atoms with Crippen molar-refractivity contribution in [3.8, 4) is 0 Å². The van der Waals surface area contributed by atoms with Gasteiger partial charge in [0.1, 0.15) is 16.9 Å². The van der Waals surface area contributed by atoms with Crippen LogP contribution in [0.2, 0.25) is 0 Å². The van der Waals surface area contributed by atoms with Gasteiger partial charge in [0.2, 0.25) is 0 Å². The second-order valence-electron chi connectivity index (χ2n) is 5.51. The lowest BCUT2D eigenvalue weighted by Gasteiger charge is -2.11. The highest BCUT2D eigenvalue weighted by Gasteiger charge is 2.20. The van der Waals surface area contributed by atoms with E-state index >= 15 is 0 Å². The summed E-state index contributed by atoms with van der Waals surface area (Å²) in [5.41, 5.74) is 2.57. The lowest BCUT2D eigenvalue weighted by molar-refractivity contribution is 0.0737. The van der Waals surface area contributed by atoms with Crippen molar-refractivity contribution in [2.75, 3.05) is 0 Å². The minimum absolute atomic E-state index is 0.532. The van der Waals surface area contributed by atoms with Crippen molar-refractivity contribution in [1.29, 1.82) is 0 Å². The van der Waals surface area contributed by atoms with Crippen LogP contribution in [0, 0.1) is 6.92 Å². The van der Waals surface area contributed by atoms with Gasteiger partial charge in [-0.2, -0.15) is 0 Å². The number of rotatable bonds is 3. The molecule has 6 heteroatoms. The minimum Gasteiger partial charge on any atom is -0.384 e. The Morgan fingerprint density at radius 1 is 1.30 bits per heavy atom. The van der Waals surface area contributed by atoms with Crippen molar-refractivity contribution >= 4 is 5.65 Å². The van der Waals surface area contributed by atoms with Gasteiger partial charge in [-0.25, -0.2) is 9.67 Å². The fourth-order valence-electron chi connectivity index (χ4n) is 2.10. The number of hydrogen-bond donors (Lipinski definition) is 1. The van der Waals surface area contributed by atoms with Crippen LogP contribution in [0.5, 0.6) is 0 Å². The highest BCUT2D eigenvalue weighted by molar-refractivity contribution is 5.47. The molecule has 3 heterocycles. The van der Waals surface area contributed by atoms with Crippen molar-refractivity contribution in [2.24, 2.45) is 0 Å². The normalized spacial score (nSPS) is 12.2. The van der Waals surface area contributed by atoms with Crippen LogP contribution >= 0.6 is 0 Å². The molecular weight excluding hydrogens is 254 g/mol. The fraction of sp³-hybridized carbons (Fsp3) is 0.357. The van der Waals surface area contributed by atoms with E-state index in [1.54, 1.807) is 24.7 Å². The lowest BCUT2D eigenvalue weighted by atomic mass is 10.1. The molecule has 0 aromatic carbocycles. The zero-order valence-electron chi connectivity index (χ0n) is 11.8. The summed E-state index contributed by atoms with van der Waals surface area (Å²) in [6, 6.07) is 4.03. The predicted molar refractivity (Wildman–Crippen MR) is 74.3 cm³/mol. The second kappa shape index (κ2) is 4.42. The molecule has 0 aliphatic heterocycles. The molecule has 3 aromatic heterocycles. The van der Waals surface area contributed by atoms with Crippen LogP contribution in [-0.4, -0.2) is 29.5 Å². The first-order chi connectivity index (χ1) is 9.43. The summed E-state index contributed by atoms with van der Waals surface area (Å²) in [5.74, 6) is 0. The monoisotopic (exact) mass is 271 g/mol. The Balaban J connectivity index is 1.90. The predicted octanol–water partition coefficient (Wildman–Crippen LogP) is 1.51. The summed E-state index contributed by atoms with van der Waals surface area (Å²) < 4.78 is 3.68. The van der Waals surface area contributed by atoms with Gasteiger partial charge in [-0.15, -0.1) is 5.10 Å². The Morgan fingerprint density at radius 2 is 2.10 bits per heavy atom. The van der Waals surface area contributed by atoms with Crippen LogP contribution in [0.1, 0.15) is 30.8 Å². The van der Waals surface area contributed by atoms with Gasteiger partial charge in [0.05, 0.1) is 18.4 Å². The number of fused-ring (bicyclic) bond motifs is 1. The fourth-order valence-corrected chi connectivity index (χ4v) is 2.10. The van der Waals surface area contributed by atoms with Gasteiger partial charge < -0.3 is 9.51 Å². The van der Waals surface area contributed by atoms with E-state index in [0.717, 1.165) is 16.9 Å². The van der Waals surface area contributed by atoms with Crippen LogP contribution in [-0.2, 0) is 12.1 Å². The molecule has 20 heavy (non-hydrogen) atoms. The molecule has 0 spiro atoms. The van der Waals surface area contributed by atoms with E-state index in [4.69, 9.17) is 0 Å². The number of imidazole rings is 1. The van der Waals surface area contributed by atoms with Crippen LogP contribution in [0.15, 0.2) is 30.7 Å². The molecule has 0 aliphatic carbocycles. The van der Waals surface area contributed by atoms with E-state index in [-0.39, 0.29) is 0 Å². The highest BCUT2D eigenvalue weighted by Crippen LogP contribution is 2.16. The maximum Gasteiger partial charge on any atom is 0.140 e. The minimum atomic E-state index is -0.978. The largest absolute Gasteiger partial charge is 0.384 e. The first-order valence-corrected chi connectivity index (χ1v) is 6.50. The van der Waals surface area contributed by atoms with Crippen LogP contribution in [0.4, 0.5) is 0 Å². The molecule has 0 fully saturated rings. The smallest absolute Gasteiger partial charge is 0.140 e. The van der Waals surface area contributed by atoms with E-state index in [1.807, 2.05) is 35.9 Å². The zero-order chi connectivity index (χ0) is 14.3. The van der Waals surface area contributed by atoms with E-state index in [1.165, 1.54) is 0 Å². The molecule has 0 aliphatic rings. The summed E-state index contributed by atoms with van der Waals surface area (Å²) in [6.45, 7) is 5.95. The molecule has 0 unspecified atom stereocenters. The molecule has 6 nitrogen and oxygen atoms in total. The summed E-state index contributed by atoms with van der Waals surface area (Å²) >= 11 is 0. The van der Waals surface area contributed by atoms with Gasteiger partial charge in [-0.05, 0) is 32.4 Å². The van der Waals surface area contributed by atoms with Crippen molar-refractivity contribution < 1.29 is 5.11 Å². The standard InChI is InChI=1S/C14H17N5O/c1-10-5-4-6-18-7-11(15-13(10)18)8-19-9-12(16-17-19)14(2,3)20/h4-7,9,20H,8H2,1-3H3. The van der Waals surface area contributed by atoms with E-state index in [9.17, 15) is 5.11 Å². The molecular formula is C14H17N5O. The van der Waals surface area contributed by atoms with Crippen LogP contribution in [0.25, 0.3) is 5.65 Å². The van der Waals surface area contributed by atoms with Gasteiger partial charge in [-0.1, -0.05) is 11.3 Å². The molecule has 3 rings (SSSR count). The number of hydrogen-bond acceptors (Lipinski definition) is 4. The van der Waals surface area contributed by atoms with Gasteiger partial charge in [0.15, 0.2) is 0 Å². The average molecular weight is 271 g/mol. The molecule has 1 N–H and O–H groups in total. The zero-order valence-corrected chi connectivity index (χ0v) is 11.8. The Hall–Kier alpha value is -2.21. The first-order valence-electron chi connectivity index (χ1n) is 6.50. The Labute approximate surface area is 116 Å². The summed E-state index contributed by atoms with van der Waals surface area (Å²) in [6.07, 6.45) is 5.70. The Morgan fingerprint density at radius 3 is 2.75 bits per heavy atom. The number of nitrogens with zero attached hydrogens (tertiary/aromatic N) is 5. The van der Waals surface area contributed by atoms with Gasteiger partial charge in [0.25, 0.3) is 0 Å². The summed E-state index contributed by atoms with van der Waals surface area (Å²) in [4.78, 5) is 4.59. The summed E-state index contributed by atoms with van der Waals surface area (Å²) in [5, 5.41) is 17.9. The number of aryl methyl sites for hydroxylation is 1. The second-order valence-corrected chi connectivity index (χ2v) is 5.51. The van der Waals surface area contributed by atoms with Crippen LogP contribution in [0.3, 0.4) is 0 Å². The van der Waals surface area contributed by atoms with Gasteiger partial charge in [-0.3, -0.25) is 0 Å². The molecule has 0 saturated carbocycles. The lowest BCUT2D eigenvalue weighted by Crippen LogP contribution is -2.15. The molecule has 3 aromatic rings. The van der Waals surface area contributed by atoms with E-state index in [2.05, 4.69) is 15.3 Å². The molecule has 0 amide bonds. The molecule has 0 saturated heterocycles. The van der Waals surface area contributed by atoms with Gasteiger partial charge in [0, 0.05) is 12.4 Å². The third kappa shape index (κ3) is 2.30. The van der Waals surface area contributed by atoms with Crippen LogP contribution < -0.4 is 0 Å². The third-order valence-electron chi connectivity index (χ3n) is 3.22. The maximum absolute atomic E-state index is 9.88. The van der Waals surface area contributed by atoms with Crippen molar-refractivity contribution in [3.05, 3.63) is 47.7 Å². The third-order valence-corrected chi connectivity index (χ3v) is 3.22. The van der Waals surface area contributed by atoms with Gasteiger partial charge >= 0.3 is 0 Å². The molecule has 0 bridgehead atoms. The van der Waals surface area contributed by atoms with Crippen molar-refractivity contribution in [3.63, 3.8) is 0 Å². The highest BCUT2D eigenvalue weighted by atomic mass is 16.3. The average Bonchev–Trinajstić information content (AvgIpc) is 2.96. The molecule has 0 atom stereocenters. The number of aromatic nitrogens is 5. The topological polar surface area (TPSA) is 68.2 Å². The Bertz CT molecular complexity index is 750. The summed E-state index contributed by atoms with van der Waals surface area (Å²) in [7, 11) is 0. The number of pyridine rings is 1. The van der Waals surface area contributed by atoms with Crippen molar-refractivity contribution in [2.45, 2.75) is 32.9 Å². The van der Waals surface area contributed by atoms with E-state index < -0.39 is 5.60 Å².